The second-order valence-corrected chi connectivity index (χ2v) is 8.48. The predicted octanol–water partition coefficient (Wildman–Crippen LogP) is 6.60. The van der Waals surface area contributed by atoms with E-state index in [0.717, 1.165) is 39.1 Å². The van der Waals surface area contributed by atoms with Gasteiger partial charge in [-0.1, -0.05) is 60.1 Å². The maximum atomic E-state index is 6.44. The summed E-state index contributed by atoms with van der Waals surface area (Å²) in [5, 5.41) is 0.541. The van der Waals surface area contributed by atoms with Crippen molar-refractivity contribution in [2.75, 3.05) is 6.61 Å². The van der Waals surface area contributed by atoms with E-state index in [-0.39, 0.29) is 0 Å². The van der Waals surface area contributed by atoms with Gasteiger partial charge in [-0.3, -0.25) is 0 Å². The molecule has 1 aliphatic carbocycles. The molecule has 1 saturated carbocycles. The van der Waals surface area contributed by atoms with Gasteiger partial charge in [0.05, 0.1) is 11.6 Å². The second-order valence-electron chi connectivity index (χ2n) is 7.28. The first kappa shape index (κ1) is 20.3. The van der Waals surface area contributed by atoms with Crippen molar-refractivity contribution in [3.8, 4) is 22.6 Å². The molecule has 4 rings (SSSR count). The van der Waals surface area contributed by atoms with Crippen LogP contribution in [0.2, 0.25) is 5.02 Å². The van der Waals surface area contributed by atoms with Crippen LogP contribution in [0.15, 0.2) is 65.1 Å². The van der Waals surface area contributed by atoms with Crippen LogP contribution in [0.4, 0.5) is 0 Å². The highest BCUT2D eigenvalue weighted by atomic mass is 79.9. The molecule has 3 nitrogen and oxygen atoms in total. The van der Waals surface area contributed by atoms with Crippen molar-refractivity contribution in [2.45, 2.75) is 26.0 Å². The Morgan fingerprint density at radius 2 is 1.72 bits per heavy atom. The van der Waals surface area contributed by atoms with Crippen LogP contribution in [0.3, 0.4) is 0 Å². The summed E-state index contributed by atoms with van der Waals surface area (Å²) in [6, 6.07) is 20.2. The Morgan fingerprint density at radius 3 is 2.45 bits per heavy atom. The van der Waals surface area contributed by atoms with Crippen LogP contribution in [-0.4, -0.2) is 6.61 Å². The lowest BCUT2D eigenvalue weighted by atomic mass is 10.0. The lowest BCUT2D eigenvalue weighted by Crippen LogP contribution is -2.06. The summed E-state index contributed by atoms with van der Waals surface area (Å²) in [6.45, 7) is 1.49. The topological polar surface area (TPSA) is 44.5 Å². The Morgan fingerprint density at radius 1 is 0.931 bits per heavy atom. The van der Waals surface area contributed by atoms with E-state index in [4.69, 9.17) is 26.8 Å². The molecule has 3 aromatic rings. The Hall–Kier alpha value is -2.01. The van der Waals surface area contributed by atoms with Crippen molar-refractivity contribution in [2.24, 2.45) is 11.7 Å². The molecule has 0 saturated heterocycles. The van der Waals surface area contributed by atoms with E-state index in [1.54, 1.807) is 0 Å². The molecular formula is C24H23BrClNO2. The molecule has 0 heterocycles. The van der Waals surface area contributed by atoms with Gasteiger partial charge in [0.1, 0.15) is 18.1 Å². The number of benzene rings is 3. The minimum atomic E-state index is 0.380. The van der Waals surface area contributed by atoms with E-state index >= 15 is 0 Å². The SMILES string of the molecule is NCc1cc(Cl)c(OCc2cccc(-c3ccccc3)c2Br)cc1OCC1CC1. The summed E-state index contributed by atoms with van der Waals surface area (Å²) in [5.41, 5.74) is 10.1. The number of rotatable bonds is 8. The number of ether oxygens (including phenoxy) is 2. The Balaban J connectivity index is 1.53. The van der Waals surface area contributed by atoms with Gasteiger partial charge in [0.25, 0.3) is 0 Å². The van der Waals surface area contributed by atoms with Gasteiger partial charge in [-0.2, -0.15) is 0 Å². The quantitative estimate of drug-likeness (QED) is 0.402. The Kier molecular flexibility index (Phi) is 6.43. The molecule has 0 unspecified atom stereocenters. The lowest BCUT2D eigenvalue weighted by molar-refractivity contribution is 0.285. The van der Waals surface area contributed by atoms with Crippen molar-refractivity contribution in [1.82, 2.24) is 0 Å². The summed E-state index contributed by atoms with van der Waals surface area (Å²) >= 11 is 10.2. The standard InChI is InChI=1S/C24H23BrClNO2/c25-24-18(7-4-8-20(24)17-5-2-1-3-6-17)15-29-23-12-22(28-14-16-9-10-16)19(13-27)11-21(23)26/h1-8,11-12,16H,9-10,13-15,27H2. The molecule has 0 amide bonds. The molecule has 0 radical (unpaired) electrons. The first-order valence-electron chi connectivity index (χ1n) is 9.76. The van der Waals surface area contributed by atoms with Gasteiger partial charge in [-0.05, 0) is 51.9 Å². The van der Waals surface area contributed by atoms with Crippen LogP contribution in [0.25, 0.3) is 11.1 Å². The smallest absolute Gasteiger partial charge is 0.142 e. The van der Waals surface area contributed by atoms with Gasteiger partial charge in [-0.25, -0.2) is 0 Å². The van der Waals surface area contributed by atoms with E-state index in [1.165, 1.54) is 12.8 Å². The van der Waals surface area contributed by atoms with Crippen molar-refractivity contribution < 1.29 is 9.47 Å². The number of nitrogens with two attached hydrogens (primary N) is 1. The van der Waals surface area contributed by atoms with Crippen LogP contribution in [0, 0.1) is 5.92 Å². The van der Waals surface area contributed by atoms with Gasteiger partial charge in [0, 0.05) is 28.2 Å². The third-order valence-electron chi connectivity index (χ3n) is 5.05. The zero-order valence-electron chi connectivity index (χ0n) is 16.0. The molecule has 1 fully saturated rings. The van der Waals surface area contributed by atoms with Crippen LogP contribution in [-0.2, 0) is 13.2 Å². The maximum Gasteiger partial charge on any atom is 0.142 e. The number of hydrogen-bond acceptors (Lipinski definition) is 3. The predicted molar refractivity (Wildman–Crippen MR) is 121 cm³/mol. The molecule has 0 aliphatic heterocycles. The van der Waals surface area contributed by atoms with Crippen LogP contribution < -0.4 is 15.2 Å². The summed E-state index contributed by atoms with van der Waals surface area (Å²) < 4.78 is 13.1. The van der Waals surface area contributed by atoms with Crippen molar-refractivity contribution >= 4 is 27.5 Å². The van der Waals surface area contributed by atoms with Gasteiger partial charge in [-0.15, -0.1) is 0 Å². The second kappa shape index (κ2) is 9.21. The average molecular weight is 473 g/mol. The maximum absolute atomic E-state index is 6.44. The Labute approximate surface area is 184 Å². The molecule has 1 aliphatic rings. The third-order valence-corrected chi connectivity index (χ3v) is 6.28. The first-order valence-corrected chi connectivity index (χ1v) is 10.9. The first-order chi connectivity index (χ1) is 14.2. The normalized spacial score (nSPS) is 13.3. The summed E-state index contributed by atoms with van der Waals surface area (Å²) in [5.74, 6) is 2.03. The fraction of sp³-hybridized carbons (Fsp3) is 0.250. The summed E-state index contributed by atoms with van der Waals surface area (Å²) in [4.78, 5) is 0. The largest absolute Gasteiger partial charge is 0.493 e. The molecule has 2 N–H and O–H groups in total. The average Bonchev–Trinajstić information content (AvgIpc) is 3.57. The van der Waals surface area contributed by atoms with Crippen molar-refractivity contribution in [3.05, 3.63) is 81.3 Å². The van der Waals surface area contributed by atoms with E-state index < -0.39 is 0 Å². The molecule has 29 heavy (non-hydrogen) atoms. The summed E-state index contributed by atoms with van der Waals surface area (Å²) in [6.07, 6.45) is 2.47. The number of hydrogen-bond donors (Lipinski definition) is 1. The Bertz CT molecular complexity index is 990. The third kappa shape index (κ3) is 4.95. The minimum Gasteiger partial charge on any atom is -0.493 e. The van der Waals surface area contributed by atoms with Gasteiger partial charge < -0.3 is 15.2 Å². The lowest BCUT2D eigenvalue weighted by Gasteiger charge is -2.16. The highest BCUT2D eigenvalue weighted by molar-refractivity contribution is 9.10. The van der Waals surface area contributed by atoms with Crippen LogP contribution in [0.5, 0.6) is 11.5 Å². The molecule has 0 aromatic heterocycles. The van der Waals surface area contributed by atoms with Crippen molar-refractivity contribution in [3.63, 3.8) is 0 Å². The van der Waals surface area contributed by atoms with E-state index in [9.17, 15) is 0 Å². The molecule has 5 heteroatoms. The molecule has 0 spiro atoms. The molecular weight excluding hydrogens is 450 g/mol. The van der Waals surface area contributed by atoms with Crippen molar-refractivity contribution in [1.29, 1.82) is 0 Å². The molecule has 0 atom stereocenters. The zero-order valence-corrected chi connectivity index (χ0v) is 18.4. The molecule has 150 valence electrons. The van der Waals surface area contributed by atoms with E-state index in [2.05, 4.69) is 34.1 Å². The highest BCUT2D eigenvalue weighted by Gasteiger charge is 2.23. The van der Waals surface area contributed by atoms with Crippen LogP contribution >= 0.6 is 27.5 Å². The van der Waals surface area contributed by atoms with Gasteiger partial charge in [0.15, 0.2) is 0 Å². The molecule has 0 bridgehead atoms. The van der Waals surface area contributed by atoms with Gasteiger partial charge >= 0.3 is 0 Å². The van der Waals surface area contributed by atoms with Crippen LogP contribution in [0.1, 0.15) is 24.0 Å². The number of halogens is 2. The fourth-order valence-corrected chi connectivity index (χ4v) is 4.01. The summed E-state index contributed by atoms with van der Waals surface area (Å²) in [7, 11) is 0. The van der Waals surface area contributed by atoms with E-state index in [1.807, 2.05) is 42.5 Å². The van der Waals surface area contributed by atoms with Gasteiger partial charge in [0.2, 0.25) is 0 Å². The molecule has 3 aromatic carbocycles. The van der Waals surface area contributed by atoms with E-state index in [0.29, 0.717) is 29.8 Å². The minimum absolute atomic E-state index is 0.380. The highest BCUT2D eigenvalue weighted by Crippen LogP contribution is 2.37. The zero-order chi connectivity index (χ0) is 20.2. The monoisotopic (exact) mass is 471 g/mol. The fourth-order valence-electron chi connectivity index (χ4n) is 3.16.